The number of anilines is 1. The van der Waals surface area contributed by atoms with E-state index in [-0.39, 0.29) is 25.0 Å². The van der Waals surface area contributed by atoms with E-state index in [2.05, 4.69) is 5.48 Å². The first kappa shape index (κ1) is 16.2. The summed E-state index contributed by atoms with van der Waals surface area (Å²) in [7, 11) is 0. The van der Waals surface area contributed by atoms with Gasteiger partial charge in [0.25, 0.3) is 0 Å². The van der Waals surface area contributed by atoms with Crippen molar-refractivity contribution in [1.29, 1.82) is 0 Å². The highest BCUT2D eigenvalue weighted by Gasteiger charge is 2.36. The quantitative estimate of drug-likeness (QED) is 0.827. The number of hydroxylamine groups is 1. The molecule has 0 aliphatic carbocycles. The zero-order chi connectivity index (χ0) is 17.2. The van der Waals surface area contributed by atoms with Gasteiger partial charge >= 0.3 is 0 Å². The van der Waals surface area contributed by atoms with E-state index in [0.29, 0.717) is 30.3 Å². The van der Waals surface area contributed by atoms with Crippen LogP contribution in [0.1, 0.15) is 25.7 Å². The molecule has 1 N–H and O–H groups in total. The molecule has 4 rings (SSSR count). The molecule has 3 heterocycles. The van der Waals surface area contributed by atoms with Crippen LogP contribution in [0.4, 0.5) is 5.69 Å². The molecule has 2 fully saturated rings. The van der Waals surface area contributed by atoms with Gasteiger partial charge in [-0.25, -0.2) is 10.3 Å². The average molecular weight is 348 g/mol. The maximum absolute atomic E-state index is 12.3. The van der Waals surface area contributed by atoms with Gasteiger partial charge < -0.3 is 19.1 Å². The van der Waals surface area contributed by atoms with Crippen LogP contribution in [0, 0.1) is 5.92 Å². The summed E-state index contributed by atoms with van der Waals surface area (Å²) in [5.41, 5.74) is 3.14. The fourth-order valence-corrected chi connectivity index (χ4v) is 3.20. The lowest BCUT2D eigenvalue weighted by molar-refractivity contribution is -0.201. The molecule has 0 bridgehead atoms. The number of fused-ring (bicyclic) bond motifs is 1. The Morgan fingerprint density at radius 1 is 1.24 bits per heavy atom. The van der Waals surface area contributed by atoms with Crippen LogP contribution in [0.25, 0.3) is 0 Å². The van der Waals surface area contributed by atoms with Crippen LogP contribution in [-0.4, -0.2) is 38.0 Å². The summed E-state index contributed by atoms with van der Waals surface area (Å²) in [6, 6.07) is 5.31. The molecule has 1 aromatic carbocycles. The molecule has 2 amide bonds. The SMILES string of the molecule is O=C(NO[C@H]1CCCCO1)[C@H]1CC(=O)N(c2ccc3c(c2)OCO3)C1. The summed E-state index contributed by atoms with van der Waals surface area (Å²) in [5.74, 6) is 0.404. The summed E-state index contributed by atoms with van der Waals surface area (Å²) in [6.07, 6.45) is 2.53. The molecular weight excluding hydrogens is 328 g/mol. The summed E-state index contributed by atoms with van der Waals surface area (Å²) in [5, 5.41) is 0. The van der Waals surface area contributed by atoms with E-state index in [9.17, 15) is 9.59 Å². The minimum atomic E-state index is -0.457. The first-order valence-corrected chi connectivity index (χ1v) is 8.48. The van der Waals surface area contributed by atoms with Gasteiger partial charge in [-0.05, 0) is 25.0 Å². The van der Waals surface area contributed by atoms with Gasteiger partial charge in [0.1, 0.15) is 0 Å². The summed E-state index contributed by atoms with van der Waals surface area (Å²) >= 11 is 0. The van der Waals surface area contributed by atoms with Gasteiger partial charge in [-0.15, -0.1) is 0 Å². The number of hydrogen-bond acceptors (Lipinski definition) is 6. The Kier molecular flexibility index (Phi) is 4.46. The molecule has 2 saturated heterocycles. The average Bonchev–Trinajstić information content (AvgIpc) is 3.26. The van der Waals surface area contributed by atoms with E-state index in [1.165, 1.54) is 0 Å². The number of carbonyl (C=O) groups excluding carboxylic acids is 2. The van der Waals surface area contributed by atoms with Crippen LogP contribution in [0.2, 0.25) is 0 Å². The van der Waals surface area contributed by atoms with E-state index in [0.717, 1.165) is 19.3 Å². The Hall–Kier alpha value is -2.32. The number of rotatable bonds is 4. The van der Waals surface area contributed by atoms with E-state index >= 15 is 0 Å². The number of nitrogens with one attached hydrogen (secondary N) is 1. The molecule has 8 nitrogen and oxygen atoms in total. The van der Waals surface area contributed by atoms with Gasteiger partial charge in [0, 0.05) is 37.7 Å². The van der Waals surface area contributed by atoms with Crippen LogP contribution in [-0.2, 0) is 19.2 Å². The zero-order valence-electron chi connectivity index (χ0n) is 13.7. The van der Waals surface area contributed by atoms with Crippen molar-refractivity contribution in [1.82, 2.24) is 5.48 Å². The number of nitrogens with zero attached hydrogens (tertiary/aromatic N) is 1. The number of ether oxygens (including phenoxy) is 3. The fraction of sp³-hybridized carbons (Fsp3) is 0.529. The van der Waals surface area contributed by atoms with E-state index < -0.39 is 12.2 Å². The molecule has 0 saturated carbocycles. The molecule has 1 aromatic rings. The zero-order valence-corrected chi connectivity index (χ0v) is 13.7. The molecule has 8 heteroatoms. The van der Waals surface area contributed by atoms with Crippen molar-refractivity contribution in [2.45, 2.75) is 32.0 Å². The van der Waals surface area contributed by atoms with Crippen molar-refractivity contribution in [2.24, 2.45) is 5.92 Å². The fourth-order valence-electron chi connectivity index (χ4n) is 3.20. The normalized spacial score (nSPS) is 25.3. The van der Waals surface area contributed by atoms with Crippen molar-refractivity contribution in [2.75, 3.05) is 24.8 Å². The van der Waals surface area contributed by atoms with Crippen LogP contribution >= 0.6 is 0 Å². The Bertz CT molecular complexity index is 673. The lowest BCUT2D eigenvalue weighted by atomic mass is 10.1. The number of hydrogen-bond donors (Lipinski definition) is 1. The standard InChI is InChI=1S/C17H20N2O6/c20-15-7-11(17(21)18-25-16-3-1-2-6-22-16)9-19(15)12-4-5-13-14(8-12)24-10-23-13/h4-5,8,11,16H,1-3,6-7,9-10H2,(H,18,21)/t11-,16-/m0/s1. The topological polar surface area (TPSA) is 86.3 Å². The minimum Gasteiger partial charge on any atom is -0.454 e. The number of carbonyl (C=O) groups is 2. The van der Waals surface area contributed by atoms with Crippen molar-refractivity contribution in [3.8, 4) is 11.5 Å². The van der Waals surface area contributed by atoms with Crippen LogP contribution in [0.3, 0.4) is 0 Å². The van der Waals surface area contributed by atoms with E-state index in [1.807, 2.05) is 0 Å². The lowest BCUT2D eigenvalue weighted by Crippen LogP contribution is -2.37. The molecule has 0 spiro atoms. The Morgan fingerprint density at radius 2 is 2.12 bits per heavy atom. The molecule has 0 radical (unpaired) electrons. The van der Waals surface area contributed by atoms with Gasteiger partial charge in [0.2, 0.25) is 18.6 Å². The van der Waals surface area contributed by atoms with Crippen LogP contribution in [0.15, 0.2) is 18.2 Å². The largest absolute Gasteiger partial charge is 0.454 e. The van der Waals surface area contributed by atoms with Crippen molar-refractivity contribution < 1.29 is 28.6 Å². The van der Waals surface area contributed by atoms with E-state index in [4.69, 9.17) is 19.0 Å². The molecular formula is C17H20N2O6. The van der Waals surface area contributed by atoms with Gasteiger partial charge in [0.05, 0.1) is 5.92 Å². The summed E-state index contributed by atoms with van der Waals surface area (Å²) in [6.45, 7) is 1.12. The second-order valence-electron chi connectivity index (χ2n) is 6.32. The van der Waals surface area contributed by atoms with Crippen molar-refractivity contribution >= 4 is 17.5 Å². The first-order chi connectivity index (χ1) is 12.2. The third-order valence-corrected chi connectivity index (χ3v) is 4.59. The van der Waals surface area contributed by atoms with Gasteiger partial charge in [-0.2, -0.15) is 0 Å². The van der Waals surface area contributed by atoms with Crippen molar-refractivity contribution in [3.05, 3.63) is 18.2 Å². The Balaban J connectivity index is 1.35. The lowest BCUT2D eigenvalue weighted by Gasteiger charge is -2.23. The maximum Gasteiger partial charge on any atom is 0.249 e. The van der Waals surface area contributed by atoms with Gasteiger partial charge in [-0.1, -0.05) is 0 Å². The second-order valence-corrected chi connectivity index (χ2v) is 6.32. The predicted molar refractivity (Wildman–Crippen MR) is 85.8 cm³/mol. The Morgan fingerprint density at radius 3 is 2.96 bits per heavy atom. The maximum atomic E-state index is 12.3. The van der Waals surface area contributed by atoms with Gasteiger partial charge in [-0.3, -0.25) is 9.59 Å². The molecule has 3 aliphatic rings. The monoisotopic (exact) mass is 348 g/mol. The highest BCUT2D eigenvalue weighted by Crippen LogP contribution is 2.37. The first-order valence-electron chi connectivity index (χ1n) is 8.48. The second kappa shape index (κ2) is 6.89. The molecule has 134 valence electrons. The number of benzene rings is 1. The van der Waals surface area contributed by atoms with Gasteiger partial charge in [0.15, 0.2) is 17.8 Å². The van der Waals surface area contributed by atoms with Crippen LogP contribution < -0.4 is 19.9 Å². The van der Waals surface area contributed by atoms with Crippen LogP contribution in [0.5, 0.6) is 11.5 Å². The molecule has 25 heavy (non-hydrogen) atoms. The summed E-state index contributed by atoms with van der Waals surface area (Å²) in [4.78, 5) is 31.5. The third kappa shape index (κ3) is 3.40. The number of amides is 2. The summed E-state index contributed by atoms with van der Waals surface area (Å²) < 4.78 is 16.0. The Labute approximate surface area is 144 Å². The molecule has 0 unspecified atom stereocenters. The smallest absolute Gasteiger partial charge is 0.249 e. The highest BCUT2D eigenvalue weighted by atomic mass is 16.8. The van der Waals surface area contributed by atoms with E-state index in [1.54, 1.807) is 23.1 Å². The molecule has 3 aliphatic heterocycles. The third-order valence-electron chi connectivity index (χ3n) is 4.59. The van der Waals surface area contributed by atoms with Crippen molar-refractivity contribution in [3.63, 3.8) is 0 Å². The highest BCUT2D eigenvalue weighted by molar-refractivity contribution is 6.00. The molecule has 0 aromatic heterocycles. The minimum absolute atomic E-state index is 0.104. The molecule has 2 atom stereocenters. The predicted octanol–water partition coefficient (Wildman–Crippen LogP) is 1.34.